The molecule has 0 amide bonds. The maximum Gasteiger partial charge on any atom is 0.259 e. The number of nitrogens with one attached hydrogen (secondary N) is 1. The van der Waals surface area contributed by atoms with Gasteiger partial charge in [-0.15, -0.1) is 23.1 Å². The maximum atomic E-state index is 12.2. The molecule has 0 aliphatic heterocycles. The zero-order chi connectivity index (χ0) is 14.1. The molecular weight excluding hydrogens is 296 g/mol. The summed E-state index contributed by atoms with van der Waals surface area (Å²) in [7, 11) is 0. The quantitative estimate of drug-likeness (QED) is 0.905. The molecular formula is C13H13N2O3S2-. The molecule has 0 aromatic carbocycles. The fourth-order valence-corrected chi connectivity index (χ4v) is 4.39. The van der Waals surface area contributed by atoms with E-state index in [-0.39, 0.29) is 11.3 Å². The van der Waals surface area contributed by atoms with E-state index in [1.165, 1.54) is 28.6 Å². The summed E-state index contributed by atoms with van der Waals surface area (Å²) in [6, 6.07) is 0. The lowest BCUT2D eigenvalue weighted by atomic mass is 9.97. The highest BCUT2D eigenvalue weighted by Gasteiger charge is 2.19. The van der Waals surface area contributed by atoms with E-state index in [1.54, 1.807) is 11.3 Å². The monoisotopic (exact) mass is 309 g/mol. The highest BCUT2D eigenvalue weighted by molar-refractivity contribution is 7.99. The Balaban J connectivity index is 1.94. The molecule has 0 unspecified atom stereocenters. The molecule has 2 heterocycles. The van der Waals surface area contributed by atoms with Crippen LogP contribution in [0, 0.1) is 0 Å². The largest absolute Gasteiger partial charge is 0.549 e. The molecule has 0 saturated heterocycles. The first kappa shape index (κ1) is 13.6. The fourth-order valence-electron chi connectivity index (χ4n) is 2.51. The molecule has 0 saturated carbocycles. The van der Waals surface area contributed by atoms with Crippen molar-refractivity contribution in [1.82, 2.24) is 9.97 Å². The molecule has 3 rings (SSSR count). The van der Waals surface area contributed by atoms with E-state index in [2.05, 4.69) is 9.97 Å². The van der Waals surface area contributed by atoms with Crippen LogP contribution in [0.15, 0.2) is 4.79 Å². The van der Waals surface area contributed by atoms with Crippen molar-refractivity contribution in [3.8, 4) is 0 Å². The number of aryl methyl sites for hydroxylation is 2. The minimum absolute atomic E-state index is 0.0946. The standard InChI is InChI=1S/C13H14N2O3S2/c16-10(17)6-19-5-9-14-12(18)11-7-3-1-2-4-8(7)20-13(11)15-9/h1-6H2,(H,16,17)(H,14,15,18)/p-1. The van der Waals surface area contributed by atoms with Crippen LogP contribution in [0.3, 0.4) is 0 Å². The minimum atomic E-state index is -1.11. The molecule has 5 nitrogen and oxygen atoms in total. The van der Waals surface area contributed by atoms with Gasteiger partial charge in [-0.1, -0.05) is 0 Å². The fraction of sp³-hybridized carbons (Fsp3) is 0.462. The van der Waals surface area contributed by atoms with Gasteiger partial charge in [0.05, 0.1) is 17.1 Å². The molecule has 0 atom stereocenters. The van der Waals surface area contributed by atoms with E-state index in [0.29, 0.717) is 11.6 Å². The number of carboxylic acid groups (broad SMARTS) is 1. The van der Waals surface area contributed by atoms with Crippen molar-refractivity contribution < 1.29 is 9.90 Å². The average Bonchev–Trinajstić information content (AvgIpc) is 2.76. The van der Waals surface area contributed by atoms with Crippen LogP contribution in [0.5, 0.6) is 0 Å². The SMILES string of the molecule is O=C([O-])CSCc1nc2sc3c(c2c(=O)[nH]1)CCCC3. The van der Waals surface area contributed by atoms with Gasteiger partial charge in [0.1, 0.15) is 10.7 Å². The van der Waals surface area contributed by atoms with Crippen LogP contribution >= 0.6 is 23.1 Å². The number of thioether (sulfide) groups is 1. The molecule has 106 valence electrons. The molecule has 20 heavy (non-hydrogen) atoms. The second-order valence-electron chi connectivity index (χ2n) is 4.77. The number of carbonyl (C=O) groups is 1. The van der Waals surface area contributed by atoms with Gasteiger partial charge in [-0.25, -0.2) is 4.98 Å². The first-order valence-corrected chi connectivity index (χ1v) is 8.43. The van der Waals surface area contributed by atoms with E-state index in [4.69, 9.17) is 0 Å². The lowest BCUT2D eigenvalue weighted by Crippen LogP contribution is -2.24. The van der Waals surface area contributed by atoms with Crippen LogP contribution in [0.25, 0.3) is 10.2 Å². The van der Waals surface area contributed by atoms with Crippen molar-refractivity contribution in [2.45, 2.75) is 31.4 Å². The molecule has 0 fully saturated rings. The van der Waals surface area contributed by atoms with Crippen LogP contribution in [0.4, 0.5) is 0 Å². The minimum Gasteiger partial charge on any atom is -0.549 e. The van der Waals surface area contributed by atoms with Crippen LogP contribution in [-0.2, 0) is 23.4 Å². The van der Waals surface area contributed by atoms with E-state index in [9.17, 15) is 14.7 Å². The number of fused-ring (bicyclic) bond motifs is 3. The number of nitrogens with zero attached hydrogens (tertiary/aromatic N) is 1. The second kappa shape index (κ2) is 5.57. The van der Waals surface area contributed by atoms with Gasteiger partial charge in [0.2, 0.25) is 0 Å². The zero-order valence-electron chi connectivity index (χ0n) is 10.7. The smallest absolute Gasteiger partial charge is 0.259 e. The van der Waals surface area contributed by atoms with E-state index in [1.807, 2.05) is 0 Å². The summed E-state index contributed by atoms with van der Waals surface area (Å²) < 4.78 is 0. The lowest BCUT2D eigenvalue weighted by molar-refractivity contribution is -0.301. The molecule has 0 radical (unpaired) electrons. The number of aliphatic carboxylic acids is 1. The van der Waals surface area contributed by atoms with E-state index in [0.717, 1.165) is 29.5 Å². The van der Waals surface area contributed by atoms with Gasteiger partial charge in [0.25, 0.3) is 5.56 Å². The topological polar surface area (TPSA) is 85.9 Å². The summed E-state index contributed by atoms with van der Waals surface area (Å²) in [5, 5.41) is 11.1. The van der Waals surface area contributed by atoms with Crippen molar-refractivity contribution in [3.05, 3.63) is 26.6 Å². The van der Waals surface area contributed by atoms with Gasteiger partial charge < -0.3 is 14.9 Å². The third-order valence-electron chi connectivity index (χ3n) is 3.33. The summed E-state index contributed by atoms with van der Waals surface area (Å²) in [5.41, 5.74) is 1.07. The van der Waals surface area contributed by atoms with E-state index >= 15 is 0 Å². The van der Waals surface area contributed by atoms with Crippen molar-refractivity contribution in [1.29, 1.82) is 0 Å². The number of thiophene rings is 1. The Morgan fingerprint density at radius 3 is 3.00 bits per heavy atom. The number of H-pyrrole nitrogens is 1. The Bertz CT molecular complexity index is 720. The highest BCUT2D eigenvalue weighted by atomic mass is 32.2. The molecule has 2 aromatic rings. The van der Waals surface area contributed by atoms with Gasteiger partial charge in [-0.2, -0.15) is 0 Å². The van der Waals surface area contributed by atoms with E-state index < -0.39 is 5.97 Å². The molecule has 7 heteroatoms. The van der Waals surface area contributed by atoms with Crippen molar-refractivity contribution >= 4 is 39.3 Å². The molecule has 1 N–H and O–H groups in total. The summed E-state index contributed by atoms with van der Waals surface area (Å²) in [4.78, 5) is 31.9. The molecule has 1 aliphatic carbocycles. The number of carboxylic acids is 1. The Morgan fingerprint density at radius 2 is 2.20 bits per heavy atom. The predicted octanol–water partition coefficient (Wildman–Crippen LogP) is 0.846. The first-order chi connectivity index (χ1) is 9.65. The van der Waals surface area contributed by atoms with Crippen LogP contribution < -0.4 is 10.7 Å². The Labute approximate surface area is 123 Å². The van der Waals surface area contributed by atoms with Gasteiger partial charge in [-0.3, -0.25) is 4.79 Å². The maximum absolute atomic E-state index is 12.2. The third-order valence-corrected chi connectivity index (χ3v) is 5.44. The number of hydrogen-bond acceptors (Lipinski definition) is 6. The van der Waals surface area contributed by atoms with Crippen LogP contribution in [0.2, 0.25) is 0 Å². The molecule has 0 spiro atoms. The third kappa shape index (κ3) is 2.60. The summed E-state index contributed by atoms with van der Waals surface area (Å²) in [6.07, 6.45) is 4.29. The van der Waals surface area contributed by atoms with Crippen LogP contribution in [-0.4, -0.2) is 21.7 Å². The second-order valence-corrected chi connectivity index (χ2v) is 6.84. The predicted molar refractivity (Wildman–Crippen MR) is 78.1 cm³/mol. The normalized spacial score (nSPS) is 14.4. The average molecular weight is 309 g/mol. The number of carbonyl (C=O) groups excluding carboxylic acids is 1. The summed E-state index contributed by atoms with van der Waals surface area (Å²) in [5.74, 6) is -0.290. The Morgan fingerprint density at radius 1 is 1.40 bits per heavy atom. The molecule has 2 aromatic heterocycles. The highest BCUT2D eigenvalue weighted by Crippen LogP contribution is 2.33. The van der Waals surface area contributed by atoms with Crippen molar-refractivity contribution in [2.75, 3.05) is 5.75 Å². The van der Waals surface area contributed by atoms with Gasteiger partial charge in [0.15, 0.2) is 0 Å². The van der Waals surface area contributed by atoms with Gasteiger partial charge in [-0.05, 0) is 31.2 Å². The summed E-state index contributed by atoms with van der Waals surface area (Å²) in [6.45, 7) is 0. The van der Waals surface area contributed by atoms with Crippen molar-refractivity contribution in [3.63, 3.8) is 0 Å². The number of aromatic amines is 1. The Hall–Kier alpha value is -1.34. The first-order valence-electron chi connectivity index (χ1n) is 6.46. The van der Waals surface area contributed by atoms with Gasteiger partial charge >= 0.3 is 0 Å². The number of hydrogen-bond donors (Lipinski definition) is 1. The van der Waals surface area contributed by atoms with Gasteiger partial charge in [0, 0.05) is 10.6 Å². The molecule has 0 bridgehead atoms. The number of aromatic nitrogens is 2. The summed E-state index contributed by atoms with van der Waals surface area (Å²) >= 11 is 2.78. The lowest BCUT2D eigenvalue weighted by Gasteiger charge is -2.09. The van der Waals surface area contributed by atoms with Crippen LogP contribution in [0.1, 0.15) is 29.1 Å². The number of rotatable bonds is 4. The Kier molecular flexibility index (Phi) is 3.80. The molecule has 1 aliphatic rings. The zero-order valence-corrected chi connectivity index (χ0v) is 12.4. The van der Waals surface area contributed by atoms with Crippen molar-refractivity contribution in [2.24, 2.45) is 0 Å².